The summed E-state index contributed by atoms with van der Waals surface area (Å²) in [5.41, 5.74) is 4.95. The molecule has 2 aromatic carbocycles. The van der Waals surface area contributed by atoms with Crippen LogP contribution in [-0.2, 0) is 9.53 Å². The van der Waals surface area contributed by atoms with Crippen molar-refractivity contribution in [3.05, 3.63) is 53.6 Å². The van der Waals surface area contributed by atoms with E-state index >= 15 is 0 Å². The van der Waals surface area contributed by atoms with Gasteiger partial charge in [0, 0.05) is 34.1 Å². The molecule has 3 heterocycles. The molecule has 0 saturated carbocycles. The van der Waals surface area contributed by atoms with Gasteiger partial charge < -0.3 is 19.1 Å². The second-order valence-electron chi connectivity index (χ2n) is 8.87. The molecule has 0 radical (unpaired) electrons. The third kappa shape index (κ3) is 3.54. The van der Waals surface area contributed by atoms with E-state index in [0.29, 0.717) is 19.4 Å². The van der Waals surface area contributed by atoms with Gasteiger partial charge in [-0.25, -0.2) is 9.18 Å². The van der Waals surface area contributed by atoms with E-state index in [-0.39, 0.29) is 17.6 Å². The molecule has 1 fully saturated rings. The topological polar surface area (TPSA) is 89.4 Å². The van der Waals surface area contributed by atoms with E-state index in [1.54, 1.807) is 18.3 Å². The minimum atomic E-state index is -0.919. The lowest BCUT2D eigenvalue weighted by atomic mass is 9.87. The van der Waals surface area contributed by atoms with Crippen molar-refractivity contribution in [2.24, 2.45) is 0 Å². The molecule has 4 aromatic rings. The molecular formula is C25H26FN3O4. The summed E-state index contributed by atoms with van der Waals surface area (Å²) in [5.74, 6) is -0.957. The van der Waals surface area contributed by atoms with Gasteiger partial charge in [-0.2, -0.15) is 5.10 Å². The standard InChI is InChI=1S/C25H26FN3O4/c1-13(2)24-23(14-4-7-21(25(30)31)33-12-14)17-10-19-15(11-27-28-19)8-20(17)29(24)16-5-6-18(26)22(9-16)32-3/h5-6,8-11,13-14,21H,4,7,12H2,1-3H3,(H,27,28)(H,30,31)/t14?,21-/m0/s1. The third-order valence-corrected chi connectivity index (χ3v) is 6.50. The summed E-state index contributed by atoms with van der Waals surface area (Å²) in [6, 6.07) is 9.07. The summed E-state index contributed by atoms with van der Waals surface area (Å²) < 4.78 is 27.4. The van der Waals surface area contributed by atoms with Crippen molar-refractivity contribution < 1.29 is 23.8 Å². The van der Waals surface area contributed by atoms with Gasteiger partial charge in [-0.3, -0.25) is 5.10 Å². The summed E-state index contributed by atoms with van der Waals surface area (Å²) >= 11 is 0. The summed E-state index contributed by atoms with van der Waals surface area (Å²) in [6.07, 6.45) is 2.19. The van der Waals surface area contributed by atoms with Crippen molar-refractivity contribution in [3.63, 3.8) is 0 Å². The minimum absolute atomic E-state index is 0.0458. The highest BCUT2D eigenvalue weighted by molar-refractivity contribution is 5.99. The predicted octanol–water partition coefficient (Wildman–Crippen LogP) is 5.13. The van der Waals surface area contributed by atoms with Crippen LogP contribution in [0.1, 0.15) is 49.8 Å². The first-order valence-corrected chi connectivity index (χ1v) is 11.1. The monoisotopic (exact) mass is 451 g/mol. The Bertz CT molecular complexity index is 1350. The Morgan fingerprint density at radius 1 is 1.30 bits per heavy atom. The van der Waals surface area contributed by atoms with E-state index in [2.05, 4.69) is 40.7 Å². The summed E-state index contributed by atoms with van der Waals surface area (Å²) in [7, 11) is 1.46. The Morgan fingerprint density at radius 2 is 2.12 bits per heavy atom. The molecule has 8 heteroatoms. The number of nitrogens with zero attached hydrogens (tertiary/aromatic N) is 2. The highest BCUT2D eigenvalue weighted by atomic mass is 19.1. The van der Waals surface area contributed by atoms with Crippen LogP contribution in [0.4, 0.5) is 4.39 Å². The molecule has 2 aromatic heterocycles. The molecule has 2 atom stereocenters. The van der Waals surface area contributed by atoms with Crippen LogP contribution in [0.15, 0.2) is 36.5 Å². The normalized spacial score (nSPS) is 18.9. The molecule has 1 saturated heterocycles. The summed E-state index contributed by atoms with van der Waals surface area (Å²) in [5, 5.41) is 18.6. The lowest BCUT2D eigenvalue weighted by Gasteiger charge is -2.28. The first-order chi connectivity index (χ1) is 15.9. The summed E-state index contributed by atoms with van der Waals surface area (Å²) in [6.45, 7) is 4.60. The second kappa shape index (κ2) is 8.19. The Balaban J connectivity index is 1.77. The first-order valence-electron chi connectivity index (χ1n) is 11.1. The summed E-state index contributed by atoms with van der Waals surface area (Å²) in [4.78, 5) is 11.4. The largest absolute Gasteiger partial charge is 0.494 e. The molecule has 1 unspecified atom stereocenters. The van der Waals surface area contributed by atoms with E-state index in [1.807, 2.05) is 0 Å². The van der Waals surface area contributed by atoms with Gasteiger partial charge >= 0.3 is 5.97 Å². The van der Waals surface area contributed by atoms with Crippen LogP contribution in [0, 0.1) is 5.82 Å². The van der Waals surface area contributed by atoms with Crippen LogP contribution in [0.5, 0.6) is 5.75 Å². The highest BCUT2D eigenvalue weighted by Crippen LogP contribution is 2.43. The van der Waals surface area contributed by atoms with Crippen molar-refractivity contribution >= 4 is 27.8 Å². The van der Waals surface area contributed by atoms with Crippen LogP contribution in [-0.4, -0.2) is 45.7 Å². The van der Waals surface area contributed by atoms with Crippen molar-refractivity contribution in [3.8, 4) is 11.4 Å². The lowest BCUT2D eigenvalue weighted by Crippen LogP contribution is -2.31. The average Bonchev–Trinajstić information content (AvgIpc) is 3.39. The van der Waals surface area contributed by atoms with Gasteiger partial charge in [0.1, 0.15) is 0 Å². The van der Waals surface area contributed by atoms with E-state index < -0.39 is 17.9 Å². The number of halogens is 1. The van der Waals surface area contributed by atoms with Crippen molar-refractivity contribution in [1.29, 1.82) is 0 Å². The number of aromatic amines is 1. The van der Waals surface area contributed by atoms with Crippen molar-refractivity contribution in [2.45, 2.75) is 44.6 Å². The van der Waals surface area contributed by atoms with Crippen molar-refractivity contribution in [2.75, 3.05) is 13.7 Å². The molecule has 0 amide bonds. The van der Waals surface area contributed by atoms with Crippen LogP contribution < -0.4 is 4.74 Å². The van der Waals surface area contributed by atoms with Crippen LogP contribution in [0.3, 0.4) is 0 Å². The average molecular weight is 451 g/mol. The van der Waals surface area contributed by atoms with Gasteiger partial charge in [0.15, 0.2) is 17.7 Å². The Hall–Kier alpha value is -3.39. The van der Waals surface area contributed by atoms with Gasteiger partial charge in [-0.15, -0.1) is 0 Å². The number of carboxylic acid groups (broad SMARTS) is 1. The number of rotatable bonds is 5. The number of carbonyl (C=O) groups is 1. The number of aliphatic carboxylic acids is 1. The second-order valence-corrected chi connectivity index (χ2v) is 8.87. The number of hydrogen-bond donors (Lipinski definition) is 2. The SMILES string of the molecule is COc1cc(-n2c(C(C)C)c(C3CC[C@@H](C(=O)O)OC3)c3cc4[nH]ncc4cc32)ccc1F. The number of nitrogens with one attached hydrogen (secondary N) is 1. The molecular weight excluding hydrogens is 425 g/mol. The van der Waals surface area contributed by atoms with Crippen molar-refractivity contribution in [1.82, 2.24) is 14.8 Å². The maximum atomic E-state index is 14.2. The molecule has 2 N–H and O–H groups in total. The van der Waals surface area contributed by atoms with E-state index in [4.69, 9.17) is 9.47 Å². The zero-order valence-corrected chi connectivity index (χ0v) is 18.8. The Kier molecular flexibility index (Phi) is 5.32. The number of fused-ring (bicyclic) bond motifs is 2. The number of benzene rings is 2. The molecule has 1 aliphatic rings. The van der Waals surface area contributed by atoms with Crippen LogP contribution in [0.25, 0.3) is 27.5 Å². The Labute approximate surface area is 190 Å². The van der Waals surface area contributed by atoms with Crippen LogP contribution >= 0.6 is 0 Å². The van der Waals surface area contributed by atoms with E-state index in [0.717, 1.165) is 38.8 Å². The fourth-order valence-corrected chi connectivity index (χ4v) is 5.01. The molecule has 0 aliphatic carbocycles. The number of aromatic nitrogens is 3. The maximum Gasteiger partial charge on any atom is 0.332 e. The van der Waals surface area contributed by atoms with E-state index in [1.165, 1.54) is 13.2 Å². The maximum absolute atomic E-state index is 14.2. The smallest absolute Gasteiger partial charge is 0.332 e. The predicted molar refractivity (Wildman–Crippen MR) is 123 cm³/mol. The molecule has 5 rings (SSSR count). The number of ether oxygens (including phenoxy) is 2. The Morgan fingerprint density at radius 3 is 2.79 bits per heavy atom. The third-order valence-electron chi connectivity index (χ3n) is 6.50. The van der Waals surface area contributed by atoms with Crippen LogP contribution in [0.2, 0.25) is 0 Å². The first kappa shape index (κ1) is 21.5. The van der Waals surface area contributed by atoms with E-state index in [9.17, 15) is 14.3 Å². The molecule has 0 spiro atoms. The number of carboxylic acids is 1. The quantitative estimate of drug-likeness (QED) is 0.439. The van der Waals surface area contributed by atoms with Gasteiger partial charge in [0.05, 0.1) is 30.9 Å². The fourth-order valence-electron chi connectivity index (χ4n) is 5.01. The van der Waals surface area contributed by atoms with Gasteiger partial charge in [-0.1, -0.05) is 13.8 Å². The molecule has 33 heavy (non-hydrogen) atoms. The highest BCUT2D eigenvalue weighted by Gasteiger charge is 2.33. The zero-order valence-electron chi connectivity index (χ0n) is 18.8. The number of H-pyrrole nitrogens is 1. The number of hydrogen-bond acceptors (Lipinski definition) is 4. The zero-order chi connectivity index (χ0) is 23.3. The molecule has 1 aliphatic heterocycles. The van der Waals surface area contributed by atoms with Gasteiger partial charge in [0.25, 0.3) is 0 Å². The van der Waals surface area contributed by atoms with Gasteiger partial charge in [-0.05, 0) is 48.6 Å². The van der Waals surface area contributed by atoms with Gasteiger partial charge in [0.2, 0.25) is 0 Å². The molecule has 0 bridgehead atoms. The fraction of sp³-hybridized carbons (Fsp3) is 0.360. The molecule has 7 nitrogen and oxygen atoms in total. The lowest BCUT2D eigenvalue weighted by molar-refractivity contribution is -0.153. The minimum Gasteiger partial charge on any atom is -0.494 e. The number of methoxy groups -OCH3 is 1. The molecule has 172 valence electrons.